The Morgan fingerprint density at radius 2 is 1.59 bits per heavy atom. The average Bonchev–Trinajstić information content (AvgIpc) is 3.29. The van der Waals surface area contributed by atoms with E-state index in [0.717, 1.165) is 65.6 Å². The summed E-state index contributed by atoms with van der Waals surface area (Å²) >= 11 is 7.09. The number of aromatic amines is 1. The molecule has 1 aliphatic rings. The van der Waals surface area contributed by atoms with Gasteiger partial charge in [-0.2, -0.15) is 13.2 Å². The summed E-state index contributed by atoms with van der Waals surface area (Å²) in [5.74, 6) is 0. The zero-order chi connectivity index (χ0) is 22.6. The highest BCUT2D eigenvalue weighted by Gasteiger charge is 2.31. The second-order valence-corrected chi connectivity index (χ2v) is 9.49. The van der Waals surface area contributed by atoms with Crippen molar-refractivity contribution < 1.29 is 18.2 Å². The van der Waals surface area contributed by atoms with Crippen LogP contribution in [0, 0.1) is 6.92 Å². The Hall–Kier alpha value is -2.64. The number of hydrogen-bond acceptors (Lipinski definition) is 0. The summed E-state index contributed by atoms with van der Waals surface area (Å²) in [6, 6.07) is 17.3. The van der Waals surface area contributed by atoms with Crippen LogP contribution in [0.2, 0.25) is 0 Å². The quantitative estimate of drug-likeness (QED) is 0.271. The molecule has 0 bridgehead atoms. The van der Waals surface area contributed by atoms with Crippen molar-refractivity contribution in [2.24, 2.45) is 0 Å². The van der Waals surface area contributed by atoms with Crippen LogP contribution in [0.3, 0.4) is 0 Å². The third-order valence-corrected chi connectivity index (χ3v) is 6.60. The van der Waals surface area contributed by atoms with Crippen LogP contribution in [0.4, 0.5) is 18.9 Å². The minimum absolute atomic E-state index is 0.666. The molecule has 3 aromatic carbocycles. The predicted octanol–water partition coefficient (Wildman–Crippen LogP) is 6.78. The van der Waals surface area contributed by atoms with Gasteiger partial charge in [-0.3, -0.25) is 0 Å². The Balaban J connectivity index is 1.84. The first kappa shape index (κ1) is 21.2. The number of hydrogen-bond donors (Lipinski definition) is 2. The van der Waals surface area contributed by atoms with Crippen LogP contribution in [0.5, 0.6) is 0 Å². The van der Waals surface area contributed by atoms with Gasteiger partial charge in [0.05, 0.1) is 16.7 Å². The molecule has 0 saturated carbocycles. The van der Waals surface area contributed by atoms with E-state index in [4.69, 9.17) is 0 Å². The summed E-state index contributed by atoms with van der Waals surface area (Å²) in [4.78, 5) is 6.72. The SMILES string of the molecule is Cc1[nH]c2ccc(Br)cc2c1C(=C1C=[NH+]c2ccc(Br)cc21)c1ccc(C(F)(F)F)cc1. The topological polar surface area (TPSA) is 29.8 Å². The molecular weight excluding hydrogens is 545 g/mol. The zero-order valence-electron chi connectivity index (χ0n) is 16.7. The van der Waals surface area contributed by atoms with Crippen molar-refractivity contribution in [2.45, 2.75) is 13.1 Å². The first-order valence-electron chi connectivity index (χ1n) is 9.82. The van der Waals surface area contributed by atoms with E-state index in [2.05, 4.69) is 41.8 Å². The van der Waals surface area contributed by atoms with E-state index in [1.54, 1.807) is 12.1 Å². The van der Waals surface area contributed by atoms with Gasteiger partial charge in [0.15, 0.2) is 6.21 Å². The standard InChI is InChI=1S/C25H15Br2F3N2/c1-13-23(19-11-17(27)7-9-22(19)32-13)24(14-2-4-15(5-3-14)25(28,29)30)20-12-31-21-8-6-16(26)10-18(20)21/h2-12,32H,1H3/p+1. The fourth-order valence-corrected chi connectivity index (χ4v) is 4.90. The minimum Gasteiger partial charge on any atom is -0.358 e. The summed E-state index contributed by atoms with van der Waals surface area (Å²) in [5, 5.41) is 0.996. The molecule has 0 unspecified atom stereocenters. The molecule has 0 spiro atoms. The van der Waals surface area contributed by atoms with Gasteiger partial charge in [0, 0.05) is 42.7 Å². The molecule has 1 aliphatic heterocycles. The number of benzene rings is 3. The molecule has 2 N–H and O–H groups in total. The summed E-state index contributed by atoms with van der Waals surface area (Å²) in [7, 11) is 0. The van der Waals surface area contributed by atoms with Gasteiger partial charge in [-0.1, -0.05) is 44.0 Å². The number of nitrogens with one attached hydrogen (secondary N) is 2. The van der Waals surface area contributed by atoms with Gasteiger partial charge in [-0.15, -0.1) is 0 Å². The third kappa shape index (κ3) is 3.63. The molecule has 160 valence electrons. The highest BCUT2D eigenvalue weighted by atomic mass is 79.9. The Bertz CT molecular complexity index is 1430. The van der Waals surface area contributed by atoms with Crippen LogP contribution in [-0.4, -0.2) is 11.2 Å². The summed E-state index contributed by atoms with van der Waals surface area (Å²) in [6.45, 7) is 1.98. The summed E-state index contributed by atoms with van der Waals surface area (Å²) < 4.78 is 41.5. The highest BCUT2D eigenvalue weighted by Crippen LogP contribution is 2.41. The number of H-pyrrole nitrogens is 1. The van der Waals surface area contributed by atoms with E-state index in [9.17, 15) is 13.2 Å². The second kappa shape index (κ2) is 7.74. The van der Waals surface area contributed by atoms with Gasteiger partial charge in [0.25, 0.3) is 0 Å². The maximum absolute atomic E-state index is 13.2. The molecular formula is C25H16Br2F3N2+. The largest absolute Gasteiger partial charge is 0.416 e. The van der Waals surface area contributed by atoms with Crippen molar-refractivity contribution in [1.29, 1.82) is 0 Å². The monoisotopic (exact) mass is 559 g/mol. The number of halogens is 5. The van der Waals surface area contributed by atoms with Crippen LogP contribution >= 0.6 is 31.9 Å². The van der Waals surface area contributed by atoms with Crippen LogP contribution in [-0.2, 0) is 6.18 Å². The van der Waals surface area contributed by atoms with Crippen LogP contribution in [0.1, 0.15) is 27.9 Å². The first-order chi connectivity index (χ1) is 15.2. The zero-order valence-corrected chi connectivity index (χ0v) is 19.9. The lowest BCUT2D eigenvalue weighted by Crippen LogP contribution is -2.58. The molecule has 4 aromatic rings. The van der Waals surface area contributed by atoms with Crippen molar-refractivity contribution in [1.82, 2.24) is 4.98 Å². The van der Waals surface area contributed by atoms with Gasteiger partial charge in [0.2, 0.25) is 5.69 Å². The second-order valence-electron chi connectivity index (χ2n) is 7.66. The molecule has 0 atom stereocenters. The van der Waals surface area contributed by atoms with Gasteiger partial charge < -0.3 is 4.98 Å². The Kier molecular flexibility index (Phi) is 5.13. The lowest BCUT2D eigenvalue weighted by Gasteiger charge is -2.14. The van der Waals surface area contributed by atoms with E-state index in [0.29, 0.717) is 5.56 Å². The smallest absolute Gasteiger partial charge is 0.358 e. The molecule has 2 heterocycles. The number of alkyl halides is 3. The number of allylic oxidation sites excluding steroid dienone is 1. The predicted molar refractivity (Wildman–Crippen MR) is 129 cm³/mol. The summed E-state index contributed by atoms with van der Waals surface area (Å²) in [5.41, 5.74) is 6.63. The van der Waals surface area contributed by atoms with Gasteiger partial charge in [-0.05, 0) is 55.0 Å². The van der Waals surface area contributed by atoms with Crippen molar-refractivity contribution in [3.63, 3.8) is 0 Å². The third-order valence-electron chi connectivity index (χ3n) is 5.61. The molecule has 0 radical (unpaired) electrons. The number of aromatic nitrogens is 1. The molecule has 5 rings (SSSR count). The molecule has 2 nitrogen and oxygen atoms in total. The van der Waals surface area contributed by atoms with Crippen molar-refractivity contribution in [3.05, 3.63) is 97.6 Å². The Labute approximate surface area is 199 Å². The number of rotatable bonds is 2. The van der Waals surface area contributed by atoms with Crippen molar-refractivity contribution in [2.75, 3.05) is 0 Å². The molecule has 0 saturated heterocycles. The fourth-order valence-electron chi connectivity index (χ4n) is 4.18. The van der Waals surface area contributed by atoms with Crippen LogP contribution in [0.15, 0.2) is 69.6 Å². The van der Waals surface area contributed by atoms with E-state index in [-0.39, 0.29) is 0 Å². The summed E-state index contributed by atoms with van der Waals surface area (Å²) in [6.07, 6.45) is -2.47. The van der Waals surface area contributed by atoms with Gasteiger partial charge >= 0.3 is 6.18 Å². The fraction of sp³-hybridized carbons (Fsp3) is 0.0800. The Morgan fingerprint density at radius 3 is 2.31 bits per heavy atom. The Morgan fingerprint density at radius 1 is 0.906 bits per heavy atom. The van der Waals surface area contributed by atoms with Gasteiger partial charge in [0.1, 0.15) is 0 Å². The lowest BCUT2D eigenvalue weighted by molar-refractivity contribution is -0.342. The average molecular weight is 561 g/mol. The minimum atomic E-state index is -4.38. The van der Waals surface area contributed by atoms with Crippen LogP contribution in [0.25, 0.3) is 22.0 Å². The lowest BCUT2D eigenvalue weighted by atomic mass is 9.88. The van der Waals surface area contributed by atoms with Crippen molar-refractivity contribution >= 4 is 65.8 Å². The van der Waals surface area contributed by atoms with E-state index >= 15 is 0 Å². The molecule has 0 fully saturated rings. The van der Waals surface area contributed by atoms with Crippen molar-refractivity contribution in [3.8, 4) is 0 Å². The normalized spacial score (nSPS) is 14.8. The van der Waals surface area contributed by atoms with E-state index in [1.807, 2.05) is 49.5 Å². The maximum atomic E-state index is 13.2. The molecule has 0 aliphatic carbocycles. The number of aryl methyl sites for hydroxylation is 1. The van der Waals surface area contributed by atoms with E-state index < -0.39 is 11.7 Å². The molecule has 32 heavy (non-hydrogen) atoms. The first-order valence-corrected chi connectivity index (χ1v) is 11.4. The number of fused-ring (bicyclic) bond motifs is 2. The maximum Gasteiger partial charge on any atom is 0.416 e. The molecule has 0 amide bonds. The van der Waals surface area contributed by atoms with E-state index in [1.165, 1.54) is 0 Å². The van der Waals surface area contributed by atoms with Crippen LogP contribution < -0.4 is 4.99 Å². The highest BCUT2D eigenvalue weighted by molar-refractivity contribution is 9.10. The van der Waals surface area contributed by atoms with Gasteiger partial charge in [-0.25, -0.2) is 4.99 Å². The molecule has 1 aromatic heterocycles. The molecule has 7 heteroatoms.